The van der Waals surface area contributed by atoms with Crippen LogP contribution >= 0.6 is 11.8 Å². The Labute approximate surface area is 136 Å². The van der Waals surface area contributed by atoms with E-state index in [1.54, 1.807) is 11.8 Å². The van der Waals surface area contributed by atoms with Crippen LogP contribution in [0.5, 0.6) is 0 Å². The molecule has 0 spiro atoms. The van der Waals surface area contributed by atoms with Crippen molar-refractivity contribution in [1.82, 2.24) is 4.98 Å². The quantitative estimate of drug-likeness (QED) is 0.824. The van der Waals surface area contributed by atoms with Gasteiger partial charge in [-0.1, -0.05) is 6.07 Å². The average molecular weight is 316 g/mol. The molecule has 2 heterocycles. The van der Waals surface area contributed by atoms with Gasteiger partial charge in [0.15, 0.2) is 0 Å². The van der Waals surface area contributed by atoms with E-state index in [4.69, 9.17) is 9.72 Å². The van der Waals surface area contributed by atoms with Crippen molar-refractivity contribution in [1.29, 1.82) is 0 Å². The number of pyridine rings is 1. The molecule has 0 aliphatic carbocycles. The fourth-order valence-corrected chi connectivity index (χ4v) is 3.47. The summed E-state index contributed by atoms with van der Waals surface area (Å²) in [6.45, 7) is 4.98. The van der Waals surface area contributed by atoms with Gasteiger partial charge in [-0.25, -0.2) is 4.98 Å². The first-order valence-electron chi connectivity index (χ1n) is 8.03. The third kappa shape index (κ3) is 3.73. The largest absolute Gasteiger partial charge is 0.381 e. The van der Waals surface area contributed by atoms with Gasteiger partial charge in [-0.2, -0.15) is 0 Å². The molecule has 4 heteroatoms. The molecular formula is C18H24N2OS. The Morgan fingerprint density at radius 1 is 1.36 bits per heavy atom. The first-order valence-corrected chi connectivity index (χ1v) is 9.26. The first kappa shape index (κ1) is 15.6. The van der Waals surface area contributed by atoms with Crippen LogP contribution in [0.4, 0.5) is 5.82 Å². The highest BCUT2D eigenvalue weighted by Crippen LogP contribution is 2.25. The molecule has 22 heavy (non-hydrogen) atoms. The number of aryl methyl sites for hydroxylation is 1. The highest BCUT2D eigenvalue weighted by Gasteiger charge is 2.13. The fourth-order valence-electron chi connectivity index (χ4n) is 3.04. The molecule has 0 saturated carbocycles. The van der Waals surface area contributed by atoms with Gasteiger partial charge in [-0.3, -0.25) is 0 Å². The van der Waals surface area contributed by atoms with E-state index in [-0.39, 0.29) is 0 Å². The van der Waals surface area contributed by atoms with Crippen molar-refractivity contribution in [3.05, 3.63) is 29.8 Å². The molecule has 0 radical (unpaired) electrons. The number of nitrogens with zero attached hydrogens (tertiary/aromatic N) is 1. The van der Waals surface area contributed by atoms with E-state index in [1.807, 2.05) is 0 Å². The standard InChI is InChI=1S/C18H24N2OS/c1-13-10-18(19-8-7-14-4-3-9-21-12-14)20-17-11-15(22-2)5-6-16(13)17/h5-6,10-11,14H,3-4,7-9,12H2,1-2H3,(H,19,20). The predicted molar refractivity (Wildman–Crippen MR) is 94.9 cm³/mol. The van der Waals surface area contributed by atoms with Crippen molar-refractivity contribution < 1.29 is 4.74 Å². The molecule has 0 bridgehead atoms. The van der Waals surface area contributed by atoms with Gasteiger partial charge in [0, 0.05) is 30.0 Å². The maximum absolute atomic E-state index is 5.54. The van der Waals surface area contributed by atoms with E-state index in [0.717, 1.165) is 37.5 Å². The third-order valence-corrected chi connectivity index (χ3v) is 5.06. The average Bonchev–Trinajstić information content (AvgIpc) is 2.55. The Bertz CT molecular complexity index is 638. The monoisotopic (exact) mass is 316 g/mol. The van der Waals surface area contributed by atoms with Crippen molar-refractivity contribution in [2.45, 2.75) is 31.1 Å². The van der Waals surface area contributed by atoms with Crippen LogP contribution in [-0.2, 0) is 4.74 Å². The van der Waals surface area contributed by atoms with E-state index >= 15 is 0 Å². The number of thioether (sulfide) groups is 1. The summed E-state index contributed by atoms with van der Waals surface area (Å²) in [7, 11) is 0. The Kier molecular flexibility index (Phi) is 5.21. The Balaban J connectivity index is 1.67. The lowest BCUT2D eigenvalue weighted by atomic mass is 9.99. The molecule has 1 aliphatic heterocycles. The number of fused-ring (bicyclic) bond motifs is 1. The summed E-state index contributed by atoms with van der Waals surface area (Å²) in [5.74, 6) is 1.69. The zero-order valence-corrected chi connectivity index (χ0v) is 14.2. The van der Waals surface area contributed by atoms with Crippen molar-refractivity contribution in [3.63, 3.8) is 0 Å². The second-order valence-electron chi connectivity index (χ2n) is 6.01. The number of benzene rings is 1. The highest BCUT2D eigenvalue weighted by atomic mass is 32.2. The van der Waals surface area contributed by atoms with Crippen LogP contribution in [0.25, 0.3) is 10.9 Å². The summed E-state index contributed by atoms with van der Waals surface area (Å²) in [4.78, 5) is 6.03. The molecule has 1 fully saturated rings. The minimum absolute atomic E-state index is 0.700. The van der Waals surface area contributed by atoms with Gasteiger partial charge in [-0.05, 0) is 62.1 Å². The number of anilines is 1. The molecule has 118 valence electrons. The SMILES string of the molecule is CSc1ccc2c(C)cc(NCCC3CCCOC3)nc2c1. The number of rotatable bonds is 5. The van der Waals surface area contributed by atoms with Gasteiger partial charge in [0.1, 0.15) is 5.82 Å². The highest BCUT2D eigenvalue weighted by molar-refractivity contribution is 7.98. The molecule has 1 unspecified atom stereocenters. The topological polar surface area (TPSA) is 34.1 Å². The lowest BCUT2D eigenvalue weighted by Gasteiger charge is -2.22. The van der Waals surface area contributed by atoms with Crippen LogP contribution in [0.1, 0.15) is 24.8 Å². The van der Waals surface area contributed by atoms with Gasteiger partial charge in [0.05, 0.1) is 5.52 Å². The molecule has 1 aliphatic rings. The second kappa shape index (κ2) is 7.34. The second-order valence-corrected chi connectivity index (χ2v) is 6.89. The van der Waals surface area contributed by atoms with Crippen LogP contribution in [0, 0.1) is 12.8 Å². The summed E-state index contributed by atoms with van der Waals surface area (Å²) in [5, 5.41) is 4.73. The molecule has 1 saturated heterocycles. The molecule has 1 atom stereocenters. The minimum atomic E-state index is 0.700. The number of nitrogens with one attached hydrogen (secondary N) is 1. The van der Waals surface area contributed by atoms with E-state index in [2.05, 4.69) is 42.8 Å². The number of ether oxygens (including phenoxy) is 1. The van der Waals surface area contributed by atoms with E-state index in [9.17, 15) is 0 Å². The molecule has 1 aromatic heterocycles. The lowest BCUT2D eigenvalue weighted by Crippen LogP contribution is -2.20. The van der Waals surface area contributed by atoms with Crippen molar-refractivity contribution >= 4 is 28.5 Å². The molecule has 3 rings (SSSR count). The zero-order chi connectivity index (χ0) is 15.4. The van der Waals surface area contributed by atoms with Gasteiger partial charge in [0.2, 0.25) is 0 Å². The molecule has 1 N–H and O–H groups in total. The third-order valence-electron chi connectivity index (χ3n) is 4.34. The van der Waals surface area contributed by atoms with Crippen LogP contribution in [0.3, 0.4) is 0 Å². The van der Waals surface area contributed by atoms with Gasteiger partial charge >= 0.3 is 0 Å². The van der Waals surface area contributed by atoms with E-state index in [1.165, 1.54) is 28.7 Å². The maximum atomic E-state index is 5.54. The summed E-state index contributed by atoms with van der Waals surface area (Å²) in [6, 6.07) is 8.66. The molecule has 0 amide bonds. The lowest BCUT2D eigenvalue weighted by molar-refractivity contribution is 0.0530. The Morgan fingerprint density at radius 3 is 3.05 bits per heavy atom. The number of aromatic nitrogens is 1. The number of hydrogen-bond acceptors (Lipinski definition) is 4. The van der Waals surface area contributed by atoms with Gasteiger partial charge < -0.3 is 10.1 Å². The smallest absolute Gasteiger partial charge is 0.126 e. The summed E-state index contributed by atoms with van der Waals surface area (Å²) in [6.07, 6.45) is 5.75. The van der Waals surface area contributed by atoms with E-state index in [0.29, 0.717) is 5.92 Å². The van der Waals surface area contributed by atoms with Crippen LogP contribution < -0.4 is 5.32 Å². The molecule has 1 aromatic carbocycles. The minimum Gasteiger partial charge on any atom is -0.381 e. The summed E-state index contributed by atoms with van der Waals surface area (Å²) in [5.41, 5.74) is 2.36. The Morgan fingerprint density at radius 2 is 2.27 bits per heavy atom. The zero-order valence-electron chi connectivity index (χ0n) is 13.4. The normalized spacial score (nSPS) is 18.5. The van der Waals surface area contributed by atoms with Crippen molar-refractivity contribution in [3.8, 4) is 0 Å². The molecule has 3 nitrogen and oxygen atoms in total. The summed E-state index contributed by atoms with van der Waals surface area (Å²) < 4.78 is 5.54. The fraction of sp³-hybridized carbons (Fsp3) is 0.500. The maximum Gasteiger partial charge on any atom is 0.126 e. The van der Waals surface area contributed by atoms with E-state index < -0.39 is 0 Å². The van der Waals surface area contributed by atoms with Crippen molar-refractivity contribution in [2.24, 2.45) is 5.92 Å². The number of hydrogen-bond donors (Lipinski definition) is 1. The summed E-state index contributed by atoms with van der Waals surface area (Å²) >= 11 is 1.76. The van der Waals surface area contributed by atoms with Gasteiger partial charge in [-0.15, -0.1) is 11.8 Å². The van der Waals surface area contributed by atoms with Crippen LogP contribution in [0.2, 0.25) is 0 Å². The van der Waals surface area contributed by atoms with Crippen LogP contribution in [0.15, 0.2) is 29.2 Å². The predicted octanol–water partition coefficient (Wildman–Crippen LogP) is 4.49. The molecular weight excluding hydrogens is 292 g/mol. The van der Waals surface area contributed by atoms with Crippen LogP contribution in [-0.4, -0.2) is 31.0 Å². The Hall–Kier alpha value is -1.26. The first-order chi connectivity index (χ1) is 10.8. The molecule has 2 aromatic rings. The van der Waals surface area contributed by atoms with Gasteiger partial charge in [0.25, 0.3) is 0 Å². The van der Waals surface area contributed by atoms with Crippen molar-refractivity contribution in [2.75, 3.05) is 31.3 Å².